The van der Waals surface area contributed by atoms with Crippen molar-refractivity contribution in [1.29, 1.82) is 0 Å². The molecule has 0 aliphatic carbocycles. The van der Waals surface area contributed by atoms with Crippen LogP contribution in [0.2, 0.25) is 0 Å². The van der Waals surface area contributed by atoms with Gasteiger partial charge in [-0.15, -0.1) is 0 Å². The lowest BCUT2D eigenvalue weighted by Gasteiger charge is -2.45. The standard InChI is InChI=1S/C30H26O12/c31-14-7-19(34)15-10-26(40)30(42-25(15)8-14,13-2-4-18(33)22(37)6-13)27-23(38)11-20(35)16-9-24(39)28(41-29(16)27)12-1-3-17(32)21(36)5-12/h1-8,11,24,26,28,31-40H,9-10H2/t24-,26-,28+,30+/m0/s1. The number of phenolic OH excluding ortho intramolecular Hbond substituents is 8. The van der Waals surface area contributed by atoms with Crippen LogP contribution in [0.5, 0.6) is 57.5 Å². The van der Waals surface area contributed by atoms with Gasteiger partial charge in [0.2, 0.25) is 0 Å². The molecule has 4 atom stereocenters. The van der Waals surface area contributed by atoms with Crippen LogP contribution in [0.4, 0.5) is 0 Å². The Bertz CT molecular complexity index is 1730. The Labute approximate surface area is 237 Å². The molecule has 4 aromatic carbocycles. The lowest BCUT2D eigenvalue weighted by atomic mass is 9.74. The highest BCUT2D eigenvalue weighted by atomic mass is 16.5. The maximum atomic E-state index is 11.7. The number of phenols is 8. The SMILES string of the molecule is Oc1cc(O)c2c(c1)O[C@@](c1ccc(O)c(O)c1)(c1c(O)cc(O)c3c1O[C@H](c1ccc(O)c(O)c1)[C@@H](O)C3)[C@@H](O)C2. The van der Waals surface area contributed by atoms with Gasteiger partial charge in [-0.3, -0.25) is 0 Å². The van der Waals surface area contributed by atoms with E-state index < -0.39 is 58.4 Å². The minimum Gasteiger partial charge on any atom is -0.508 e. The summed E-state index contributed by atoms with van der Waals surface area (Å²) in [7, 11) is 0. The first-order valence-corrected chi connectivity index (χ1v) is 12.8. The van der Waals surface area contributed by atoms with E-state index in [1.165, 1.54) is 30.3 Å². The third kappa shape index (κ3) is 3.99. The zero-order valence-electron chi connectivity index (χ0n) is 21.6. The van der Waals surface area contributed by atoms with E-state index in [9.17, 15) is 51.1 Å². The van der Waals surface area contributed by atoms with Crippen molar-refractivity contribution in [2.75, 3.05) is 0 Å². The first-order valence-electron chi connectivity index (χ1n) is 12.8. The third-order valence-electron chi connectivity index (χ3n) is 7.76. The molecule has 2 heterocycles. The van der Waals surface area contributed by atoms with Crippen LogP contribution in [-0.4, -0.2) is 63.3 Å². The highest BCUT2D eigenvalue weighted by molar-refractivity contribution is 5.65. The van der Waals surface area contributed by atoms with Gasteiger partial charge in [0.05, 0.1) is 11.7 Å². The van der Waals surface area contributed by atoms with Crippen molar-refractivity contribution in [3.8, 4) is 57.5 Å². The molecule has 218 valence electrons. The Morgan fingerprint density at radius 3 is 1.98 bits per heavy atom. The maximum absolute atomic E-state index is 11.7. The quantitative estimate of drug-likeness (QED) is 0.159. The van der Waals surface area contributed by atoms with Gasteiger partial charge in [-0.05, 0) is 29.8 Å². The number of aliphatic hydroxyl groups is 2. The summed E-state index contributed by atoms with van der Waals surface area (Å²) in [5.74, 6) is -4.04. The molecule has 0 radical (unpaired) electrons. The van der Waals surface area contributed by atoms with E-state index in [0.717, 1.165) is 24.3 Å². The molecule has 0 bridgehead atoms. The summed E-state index contributed by atoms with van der Waals surface area (Å²) in [6, 6.07) is 10.6. The fourth-order valence-corrected chi connectivity index (χ4v) is 5.75. The van der Waals surface area contributed by atoms with Crippen molar-refractivity contribution in [3.63, 3.8) is 0 Å². The summed E-state index contributed by atoms with van der Waals surface area (Å²) < 4.78 is 12.5. The monoisotopic (exact) mass is 578 g/mol. The van der Waals surface area contributed by atoms with Crippen molar-refractivity contribution in [2.45, 2.75) is 36.8 Å². The van der Waals surface area contributed by atoms with E-state index in [-0.39, 0.29) is 63.7 Å². The molecule has 0 saturated heterocycles. The van der Waals surface area contributed by atoms with Gasteiger partial charge >= 0.3 is 0 Å². The van der Waals surface area contributed by atoms with Crippen LogP contribution in [0, 0.1) is 0 Å². The molecule has 12 nitrogen and oxygen atoms in total. The molecule has 2 aliphatic heterocycles. The zero-order valence-corrected chi connectivity index (χ0v) is 21.6. The summed E-state index contributed by atoms with van der Waals surface area (Å²) in [6.07, 6.45) is -4.58. The van der Waals surface area contributed by atoms with Gasteiger partial charge in [0.15, 0.2) is 28.6 Å². The first-order chi connectivity index (χ1) is 19.9. The van der Waals surface area contributed by atoms with E-state index in [2.05, 4.69) is 0 Å². The summed E-state index contributed by atoms with van der Waals surface area (Å²) in [5, 5.41) is 106. The van der Waals surface area contributed by atoms with Crippen molar-refractivity contribution < 1.29 is 60.5 Å². The van der Waals surface area contributed by atoms with Crippen LogP contribution in [-0.2, 0) is 18.4 Å². The van der Waals surface area contributed by atoms with Crippen LogP contribution >= 0.6 is 0 Å². The van der Waals surface area contributed by atoms with Crippen molar-refractivity contribution in [1.82, 2.24) is 0 Å². The molecule has 2 aliphatic rings. The molecular formula is C30H26O12. The molecule has 0 saturated carbocycles. The molecule has 0 aromatic heterocycles. The Kier molecular flexibility index (Phi) is 6.06. The number of hydrogen-bond acceptors (Lipinski definition) is 12. The van der Waals surface area contributed by atoms with Gasteiger partial charge in [0, 0.05) is 47.7 Å². The predicted molar refractivity (Wildman–Crippen MR) is 143 cm³/mol. The number of benzene rings is 4. The molecule has 10 N–H and O–H groups in total. The third-order valence-corrected chi connectivity index (χ3v) is 7.76. The summed E-state index contributed by atoms with van der Waals surface area (Å²) >= 11 is 0. The number of hydrogen-bond donors (Lipinski definition) is 10. The minimum atomic E-state index is -2.15. The van der Waals surface area contributed by atoms with Crippen molar-refractivity contribution >= 4 is 0 Å². The molecule has 6 rings (SSSR count). The lowest BCUT2D eigenvalue weighted by molar-refractivity contribution is -0.0499. The van der Waals surface area contributed by atoms with Gasteiger partial charge in [-0.1, -0.05) is 12.1 Å². The average Bonchev–Trinajstić information content (AvgIpc) is 2.92. The minimum absolute atomic E-state index is 0.00974. The van der Waals surface area contributed by atoms with Crippen molar-refractivity contribution in [3.05, 3.63) is 82.4 Å². The van der Waals surface area contributed by atoms with E-state index in [4.69, 9.17) is 9.47 Å². The predicted octanol–water partition coefficient (Wildman–Crippen LogP) is 2.61. The lowest BCUT2D eigenvalue weighted by Crippen LogP contribution is -2.50. The number of aliphatic hydroxyl groups excluding tert-OH is 2. The summed E-state index contributed by atoms with van der Waals surface area (Å²) in [6.45, 7) is 0. The number of ether oxygens (including phenoxy) is 2. The summed E-state index contributed by atoms with van der Waals surface area (Å²) in [4.78, 5) is 0. The van der Waals surface area contributed by atoms with Crippen molar-refractivity contribution in [2.24, 2.45) is 0 Å². The Balaban J connectivity index is 1.63. The second kappa shape index (κ2) is 9.43. The Morgan fingerprint density at radius 2 is 1.29 bits per heavy atom. The Hall–Kier alpha value is -5.20. The zero-order chi connectivity index (χ0) is 30.1. The number of fused-ring (bicyclic) bond motifs is 2. The van der Waals surface area contributed by atoms with E-state index in [1.807, 2.05) is 0 Å². The molecule has 0 amide bonds. The molecular weight excluding hydrogens is 552 g/mol. The van der Waals surface area contributed by atoms with Crippen LogP contribution in [0.3, 0.4) is 0 Å². The molecule has 0 fully saturated rings. The fraction of sp³-hybridized carbons (Fsp3) is 0.200. The van der Waals surface area contributed by atoms with Gasteiger partial charge < -0.3 is 60.5 Å². The van der Waals surface area contributed by atoms with Crippen LogP contribution < -0.4 is 9.47 Å². The van der Waals surface area contributed by atoms with Crippen LogP contribution in [0.25, 0.3) is 0 Å². The van der Waals surface area contributed by atoms with Gasteiger partial charge in [-0.2, -0.15) is 0 Å². The number of aromatic hydroxyl groups is 8. The normalized spacial score (nSPS) is 22.9. The molecule has 12 heteroatoms. The van der Waals surface area contributed by atoms with Crippen LogP contribution in [0.15, 0.2) is 54.6 Å². The molecule has 0 spiro atoms. The average molecular weight is 579 g/mol. The second-order valence-electron chi connectivity index (χ2n) is 10.4. The maximum Gasteiger partial charge on any atom is 0.192 e. The van der Waals surface area contributed by atoms with Gasteiger partial charge in [0.25, 0.3) is 0 Å². The van der Waals surface area contributed by atoms with E-state index in [1.54, 1.807) is 0 Å². The molecule has 42 heavy (non-hydrogen) atoms. The Morgan fingerprint density at radius 1 is 0.619 bits per heavy atom. The molecule has 0 unspecified atom stereocenters. The van der Waals surface area contributed by atoms with E-state index in [0.29, 0.717) is 0 Å². The smallest absolute Gasteiger partial charge is 0.192 e. The van der Waals surface area contributed by atoms with E-state index >= 15 is 0 Å². The number of rotatable bonds is 3. The van der Waals surface area contributed by atoms with Gasteiger partial charge in [0.1, 0.15) is 46.7 Å². The van der Waals surface area contributed by atoms with Crippen LogP contribution in [0.1, 0.15) is 33.9 Å². The highest BCUT2D eigenvalue weighted by Crippen LogP contribution is 2.57. The largest absolute Gasteiger partial charge is 0.508 e. The highest BCUT2D eigenvalue weighted by Gasteiger charge is 2.53. The summed E-state index contributed by atoms with van der Waals surface area (Å²) in [5.41, 5.74) is -1.96. The second-order valence-corrected chi connectivity index (χ2v) is 10.4. The fourth-order valence-electron chi connectivity index (χ4n) is 5.75. The first kappa shape index (κ1) is 27.0. The molecule has 4 aromatic rings. The van der Waals surface area contributed by atoms with Gasteiger partial charge in [-0.25, -0.2) is 0 Å². The topological polar surface area (TPSA) is 221 Å².